The van der Waals surface area contributed by atoms with Gasteiger partial charge in [-0.1, -0.05) is 29.8 Å². The normalized spacial score (nSPS) is 14.7. The second-order valence-electron chi connectivity index (χ2n) is 7.47. The topological polar surface area (TPSA) is 79.4 Å². The molecule has 1 amide bonds. The number of anilines is 1. The third-order valence-corrected chi connectivity index (χ3v) is 8.32. The third-order valence-electron chi connectivity index (χ3n) is 5.29. The van der Waals surface area contributed by atoms with Crippen LogP contribution in [0.15, 0.2) is 47.4 Å². The van der Waals surface area contributed by atoms with Gasteiger partial charge < -0.3 is 0 Å². The van der Waals surface area contributed by atoms with Gasteiger partial charge >= 0.3 is 0 Å². The van der Waals surface area contributed by atoms with E-state index in [0.29, 0.717) is 34.4 Å². The number of halogens is 1. The van der Waals surface area contributed by atoms with Crippen molar-refractivity contribution in [1.82, 2.24) is 9.29 Å². The van der Waals surface area contributed by atoms with Crippen LogP contribution >= 0.6 is 22.9 Å². The molecule has 1 fully saturated rings. The van der Waals surface area contributed by atoms with Crippen LogP contribution in [0, 0.1) is 13.8 Å². The van der Waals surface area contributed by atoms with Crippen LogP contribution in [0.25, 0.3) is 11.3 Å². The number of rotatable bonds is 5. The number of sulfonamides is 1. The number of aryl methyl sites for hydroxylation is 2. The molecule has 0 atom stereocenters. The summed E-state index contributed by atoms with van der Waals surface area (Å²) in [5.41, 5.74) is 2.71. The molecule has 1 N–H and O–H groups in total. The summed E-state index contributed by atoms with van der Waals surface area (Å²) in [6.07, 6.45) is 1.72. The maximum Gasteiger partial charge on any atom is 0.257 e. The molecule has 1 aliphatic rings. The summed E-state index contributed by atoms with van der Waals surface area (Å²) < 4.78 is 27.2. The van der Waals surface area contributed by atoms with Crippen LogP contribution in [-0.2, 0) is 10.0 Å². The Balaban J connectivity index is 1.59. The van der Waals surface area contributed by atoms with Gasteiger partial charge in [0.05, 0.1) is 10.6 Å². The molecule has 0 spiro atoms. The smallest absolute Gasteiger partial charge is 0.257 e. The zero-order valence-corrected chi connectivity index (χ0v) is 19.6. The molecule has 0 radical (unpaired) electrons. The summed E-state index contributed by atoms with van der Waals surface area (Å²) in [6.45, 7) is 4.76. The van der Waals surface area contributed by atoms with Crippen molar-refractivity contribution in [1.29, 1.82) is 0 Å². The van der Waals surface area contributed by atoms with Crippen molar-refractivity contribution in [3.63, 3.8) is 0 Å². The van der Waals surface area contributed by atoms with Gasteiger partial charge in [-0.15, -0.1) is 11.3 Å². The zero-order chi connectivity index (χ0) is 22.2. The van der Waals surface area contributed by atoms with E-state index >= 15 is 0 Å². The molecule has 0 aliphatic carbocycles. The van der Waals surface area contributed by atoms with Crippen molar-refractivity contribution in [3.05, 3.63) is 63.5 Å². The molecule has 6 nitrogen and oxygen atoms in total. The molecule has 9 heteroatoms. The minimum Gasteiger partial charge on any atom is -0.298 e. The van der Waals surface area contributed by atoms with Gasteiger partial charge in [0.1, 0.15) is 0 Å². The van der Waals surface area contributed by atoms with Gasteiger partial charge in [0.15, 0.2) is 5.13 Å². The number of hydrogen-bond donors (Lipinski definition) is 1. The number of thiazole rings is 1. The van der Waals surface area contributed by atoms with Crippen LogP contribution in [0.5, 0.6) is 0 Å². The molecule has 2 heterocycles. The van der Waals surface area contributed by atoms with Crippen molar-refractivity contribution in [2.45, 2.75) is 31.6 Å². The quantitative estimate of drug-likeness (QED) is 0.555. The van der Waals surface area contributed by atoms with E-state index in [2.05, 4.69) is 10.3 Å². The van der Waals surface area contributed by atoms with Crippen LogP contribution in [-0.4, -0.2) is 36.7 Å². The van der Waals surface area contributed by atoms with Crippen molar-refractivity contribution in [2.24, 2.45) is 0 Å². The average Bonchev–Trinajstić information content (AvgIpc) is 3.39. The predicted molar refractivity (Wildman–Crippen MR) is 124 cm³/mol. The Hall–Kier alpha value is -2.26. The highest BCUT2D eigenvalue weighted by atomic mass is 35.5. The number of carbonyl (C=O) groups excluding carboxylic acids is 1. The van der Waals surface area contributed by atoms with Crippen molar-refractivity contribution >= 4 is 44.0 Å². The first kappa shape index (κ1) is 22.0. The number of amides is 1. The van der Waals surface area contributed by atoms with Gasteiger partial charge in [0.2, 0.25) is 10.0 Å². The van der Waals surface area contributed by atoms with E-state index in [1.807, 2.05) is 19.1 Å². The molecule has 162 valence electrons. The Morgan fingerprint density at radius 2 is 1.77 bits per heavy atom. The molecule has 1 saturated heterocycles. The van der Waals surface area contributed by atoms with E-state index in [0.717, 1.165) is 29.0 Å². The fraction of sp³-hybridized carbons (Fsp3) is 0.273. The van der Waals surface area contributed by atoms with Crippen LogP contribution in [0.2, 0.25) is 5.02 Å². The zero-order valence-electron chi connectivity index (χ0n) is 17.2. The van der Waals surface area contributed by atoms with Crippen LogP contribution < -0.4 is 5.32 Å². The number of carbonyl (C=O) groups is 1. The summed E-state index contributed by atoms with van der Waals surface area (Å²) in [5.74, 6) is -0.382. The van der Waals surface area contributed by atoms with E-state index < -0.39 is 10.0 Å². The Kier molecular flexibility index (Phi) is 6.16. The Bertz CT molecular complexity index is 1230. The Morgan fingerprint density at radius 1 is 1.10 bits per heavy atom. The van der Waals surface area contributed by atoms with E-state index in [1.165, 1.54) is 21.7 Å². The van der Waals surface area contributed by atoms with E-state index in [4.69, 9.17) is 11.6 Å². The van der Waals surface area contributed by atoms with Crippen LogP contribution in [0.3, 0.4) is 0 Å². The van der Waals surface area contributed by atoms with Gasteiger partial charge in [-0.05, 0) is 56.5 Å². The molecule has 0 saturated carbocycles. The van der Waals surface area contributed by atoms with Crippen molar-refractivity contribution in [3.8, 4) is 11.3 Å². The average molecular weight is 476 g/mol. The Labute approximate surface area is 190 Å². The number of nitrogens with zero attached hydrogens (tertiary/aromatic N) is 2. The fourth-order valence-electron chi connectivity index (χ4n) is 3.57. The number of aromatic nitrogens is 1. The lowest BCUT2D eigenvalue weighted by molar-refractivity contribution is 0.102. The van der Waals surface area contributed by atoms with E-state index in [1.54, 1.807) is 31.2 Å². The minimum atomic E-state index is -3.60. The van der Waals surface area contributed by atoms with Crippen molar-refractivity contribution < 1.29 is 13.2 Å². The summed E-state index contributed by atoms with van der Waals surface area (Å²) in [6, 6.07) is 12.0. The highest BCUT2D eigenvalue weighted by Gasteiger charge is 2.28. The number of nitrogens with one attached hydrogen (secondary N) is 1. The number of hydrogen-bond acceptors (Lipinski definition) is 5. The second-order valence-corrected chi connectivity index (χ2v) is 11.1. The maximum absolute atomic E-state index is 13.0. The summed E-state index contributed by atoms with van der Waals surface area (Å²) in [4.78, 5) is 18.6. The largest absolute Gasteiger partial charge is 0.298 e. The summed E-state index contributed by atoms with van der Waals surface area (Å²) in [7, 11) is -3.60. The van der Waals surface area contributed by atoms with Crippen LogP contribution in [0.1, 0.15) is 33.6 Å². The standard InChI is InChI=1S/C22H22ClN3O3S2/c1-14-5-10-18(31(28,29)26-11-3-4-12-26)13-19(14)21(27)25-22-24-20(15(2)30-22)16-6-8-17(23)9-7-16/h5-10,13H,3-4,11-12H2,1-2H3,(H,24,25,27). The Morgan fingerprint density at radius 3 is 2.45 bits per heavy atom. The van der Waals surface area contributed by atoms with Crippen molar-refractivity contribution in [2.75, 3.05) is 18.4 Å². The lowest BCUT2D eigenvalue weighted by Crippen LogP contribution is -2.28. The first-order valence-corrected chi connectivity index (χ1v) is 12.5. The number of benzene rings is 2. The molecule has 1 aliphatic heterocycles. The molecule has 4 rings (SSSR count). The third kappa shape index (κ3) is 4.52. The lowest BCUT2D eigenvalue weighted by atomic mass is 10.1. The fourth-order valence-corrected chi connectivity index (χ4v) is 6.07. The second kappa shape index (κ2) is 8.70. The first-order valence-electron chi connectivity index (χ1n) is 9.91. The van der Waals surface area contributed by atoms with Gasteiger partial charge in [0, 0.05) is 34.1 Å². The summed E-state index contributed by atoms with van der Waals surface area (Å²) in [5, 5.41) is 3.92. The molecule has 2 aromatic carbocycles. The molecule has 1 aromatic heterocycles. The highest BCUT2D eigenvalue weighted by molar-refractivity contribution is 7.89. The molecule has 31 heavy (non-hydrogen) atoms. The SMILES string of the molecule is Cc1ccc(S(=O)(=O)N2CCCC2)cc1C(=O)Nc1nc(-c2ccc(Cl)cc2)c(C)s1. The minimum absolute atomic E-state index is 0.141. The molecular weight excluding hydrogens is 454 g/mol. The molecule has 0 unspecified atom stereocenters. The lowest BCUT2D eigenvalue weighted by Gasteiger charge is -2.16. The highest BCUT2D eigenvalue weighted by Crippen LogP contribution is 2.31. The maximum atomic E-state index is 13.0. The predicted octanol–water partition coefficient (Wildman–Crippen LogP) is 5.12. The molecular formula is C22H22ClN3O3S2. The van der Waals surface area contributed by atoms with E-state index in [-0.39, 0.29) is 10.8 Å². The van der Waals surface area contributed by atoms with Crippen LogP contribution in [0.4, 0.5) is 5.13 Å². The van der Waals surface area contributed by atoms with Gasteiger partial charge in [-0.25, -0.2) is 13.4 Å². The van der Waals surface area contributed by atoms with E-state index in [9.17, 15) is 13.2 Å². The first-order chi connectivity index (χ1) is 14.8. The monoisotopic (exact) mass is 475 g/mol. The molecule has 3 aromatic rings. The van der Waals surface area contributed by atoms with Gasteiger partial charge in [-0.3, -0.25) is 10.1 Å². The summed E-state index contributed by atoms with van der Waals surface area (Å²) >= 11 is 7.33. The molecule has 0 bridgehead atoms. The van der Waals surface area contributed by atoms with Gasteiger partial charge in [-0.2, -0.15) is 4.31 Å². The van der Waals surface area contributed by atoms with Gasteiger partial charge in [0.25, 0.3) is 5.91 Å².